The summed E-state index contributed by atoms with van der Waals surface area (Å²) >= 11 is 0. The maximum atomic E-state index is 11.0. The fraction of sp³-hybridized carbons (Fsp3) is 0.571. The Morgan fingerprint density at radius 2 is 2.11 bits per heavy atom. The second kappa shape index (κ2) is 5.57. The summed E-state index contributed by atoms with van der Waals surface area (Å²) in [7, 11) is 0. The molecule has 1 aromatic heterocycles. The van der Waals surface area contributed by atoms with Crippen molar-refractivity contribution in [3.63, 3.8) is 0 Å². The predicted octanol–water partition coefficient (Wildman–Crippen LogP) is 2.05. The molecule has 1 aliphatic rings. The fourth-order valence-electron chi connectivity index (χ4n) is 2.68. The van der Waals surface area contributed by atoms with Gasteiger partial charge in [0.25, 0.3) is 0 Å². The largest absolute Gasteiger partial charge is 0.478 e. The van der Waals surface area contributed by atoms with Crippen LogP contribution in [-0.2, 0) is 0 Å². The molecule has 0 unspecified atom stereocenters. The van der Waals surface area contributed by atoms with E-state index in [9.17, 15) is 9.90 Å². The number of carboxylic acids is 1. The number of hydrogen-bond acceptors (Lipinski definition) is 4. The molecule has 19 heavy (non-hydrogen) atoms. The van der Waals surface area contributed by atoms with E-state index in [-0.39, 0.29) is 17.6 Å². The molecule has 1 fully saturated rings. The van der Waals surface area contributed by atoms with Gasteiger partial charge in [-0.15, -0.1) is 0 Å². The maximum Gasteiger partial charge on any atom is 0.335 e. The monoisotopic (exact) mass is 264 g/mol. The van der Waals surface area contributed by atoms with Crippen molar-refractivity contribution < 1.29 is 15.0 Å². The van der Waals surface area contributed by atoms with Crippen molar-refractivity contribution in [2.75, 3.05) is 18.5 Å². The quantitative estimate of drug-likeness (QED) is 0.758. The van der Waals surface area contributed by atoms with Crippen LogP contribution in [0.25, 0.3) is 0 Å². The van der Waals surface area contributed by atoms with E-state index < -0.39 is 5.97 Å². The summed E-state index contributed by atoms with van der Waals surface area (Å²) in [6, 6.07) is 3.08. The molecule has 3 N–H and O–H groups in total. The maximum absolute atomic E-state index is 11.0. The molecule has 1 aliphatic carbocycles. The highest BCUT2D eigenvalue weighted by atomic mass is 16.4. The van der Waals surface area contributed by atoms with Crippen LogP contribution in [0, 0.1) is 12.3 Å². The average Bonchev–Trinajstić information content (AvgIpc) is 2.85. The zero-order chi connectivity index (χ0) is 13.9. The first-order valence-electron chi connectivity index (χ1n) is 6.61. The summed E-state index contributed by atoms with van der Waals surface area (Å²) in [4.78, 5) is 15.3. The molecule has 0 bridgehead atoms. The van der Waals surface area contributed by atoms with Crippen LogP contribution >= 0.6 is 0 Å². The van der Waals surface area contributed by atoms with Crippen LogP contribution in [0.2, 0.25) is 0 Å². The molecule has 0 saturated heterocycles. The van der Waals surface area contributed by atoms with Gasteiger partial charge in [-0.05, 0) is 31.9 Å². The molecule has 0 spiro atoms. The number of aliphatic hydroxyl groups excluding tert-OH is 1. The minimum Gasteiger partial charge on any atom is -0.478 e. The molecule has 0 amide bonds. The van der Waals surface area contributed by atoms with E-state index in [1.54, 1.807) is 13.0 Å². The summed E-state index contributed by atoms with van der Waals surface area (Å²) in [5.74, 6) is -0.386. The van der Waals surface area contributed by atoms with Gasteiger partial charge in [-0.2, -0.15) is 0 Å². The van der Waals surface area contributed by atoms with Gasteiger partial charge in [0.2, 0.25) is 0 Å². The third-order valence-corrected chi connectivity index (χ3v) is 3.84. The molecule has 1 heterocycles. The van der Waals surface area contributed by atoms with Gasteiger partial charge in [0.05, 0.1) is 12.2 Å². The number of rotatable bonds is 5. The lowest BCUT2D eigenvalue weighted by atomic mass is 9.87. The second-order valence-corrected chi connectivity index (χ2v) is 5.41. The third-order valence-electron chi connectivity index (χ3n) is 3.84. The minimum absolute atomic E-state index is 0.0746. The first-order chi connectivity index (χ1) is 9.04. The summed E-state index contributed by atoms with van der Waals surface area (Å²) in [6.07, 6.45) is 4.30. The Bertz CT molecular complexity index is 468. The van der Waals surface area contributed by atoms with Crippen LogP contribution in [0.4, 0.5) is 5.82 Å². The molecular formula is C14H20N2O3. The molecule has 0 atom stereocenters. The lowest BCUT2D eigenvalue weighted by molar-refractivity contribution is 0.0696. The van der Waals surface area contributed by atoms with Crippen molar-refractivity contribution in [1.29, 1.82) is 0 Å². The number of pyridine rings is 1. The average molecular weight is 264 g/mol. The normalized spacial score (nSPS) is 17.4. The zero-order valence-corrected chi connectivity index (χ0v) is 11.1. The number of hydrogen-bond donors (Lipinski definition) is 3. The van der Waals surface area contributed by atoms with E-state index in [1.165, 1.54) is 6.07 Å². The molecule has 0 aliphatic heterocycles. The standard InChI is InChI=1S/C14H20N2O3/c1-10-6-11(13(18)19)7-12(16-10)15-8-14(9-17)4-2-3-5-14/h6-7,17H,2-5,8-9H2,1H3,(H,15,16)(H,18,19). The van der Waals surface area contributed by atoms with Gasteiger partial charge >= 0.3 is 5.97 Å². The van der Waals surface area contributed by atoms with Crippen LogP contribution in [0.15, 0.2) is 12.1 Å². The Morgan fingerprint density at radius 1 is 1.42 bits per heavy atom. The lowest BCUT2D eigenvalue weighted by Gasteiger charge is -2.27. The summed E-state index contributed by atoms with van der Waals surface area (Å²) in [5, 5.41) is 21.7. The predicted molar refractivity (Wildman–Crippen MR) is 72.4 cm³/mol. The molecule has 1 saturated carbocycles. The zero-order valence-electron chi connectivity index (χ0n) is 11.1. The molecule has 5 nitrogen and oxygen atoms in total. The Balaban J connectivity index is 2.08. The van der Waals surface area contributed by atoms with Gasteiger partial charge in [0, 0.05) is 17.7 Å². The highest BCUT2D eigenvalue weighted by Gasteiger charge is 2.33. The van der Waals surface area contributed by atoms with Crippen LogP contribution < -0.4 is 5.32 Å². The van der Waals surface area contributed by atoms with Gasteiger partial charge in [0.15, 0.2) is 0 Å². The molecule has 1 aromatic rings. The molecule has 104 valence electrons. The Morgan fingerprint density at radius 3 is 2.68 bits per heavy atom. The van der Waals surface area contributed by atoms with Gasteiger partial charge in [-0.25, -0.2) is 9.78 Å². The molecule has 5 heteroatoms. The number of aryl methyl sites for hydroxylation is 1. The smallest absolute Gasteiger partial charge is 0.335 e. The number of carboxylic acid groups (broad SMARTS) is 1. The van der Waals surface area contributed by atoms with E-state index in [0.29, 0.717) is 18.1 Å². The van der Waals surface area contributed by atoms with Gasteiger partial charge in [0.1, 0.15) is 5.82 Å². The Hall–Kier alpha value is -1.62. The summed E-state index contributed by atoms with van der Waals surface area (Å²) in [6.45, 7) is 2.58. The van der Waals surface area contributed by atoms with Crippen LogP contribution in [0.3, 0.4) is 0 Å². The number of nitrogens with zero attached hydrogens (tertiary/aromatic N) is 1. The number of aromatic nitrogens is 1. The first kappa shape index (κ1) is 13.8. The van der Waals surface area contributed by atoms with E-state index in [4.69, 9.17) is 5.11 Å². The number of carbonyl (C=O) groups is 1. The minimum atomic E-state index is -0.953. The number of nitrogens with one attached hydrogen (secondary N) is 1. The highest BCUT2D eigenvalue weighted by molar-refractivity contribution is 5.88. The van der Waals surface area contributed by atoms with Crippen molar-refractivity contribution >= 4 is 11.8 Å². The topological polar surface area (TPSA) is 82.5 Å². The van der Waals surface area contributed by atoms with Gasteiger partial charge in [-0.3, -0.25) is 0 Å². The van der Waals surface area contributed by atoms with Crippen LogP contribution in [-0.4, -0.2) is 34.3 Å². The van der Waals surface area contributed by atoms with Crippen LogP contribution in [0.1, 0.15) is 41.7 Å². The first-order valence-corrected chi connectivity index (χ1v) is 6.61. The number of aromatic carboxylic acids is 1. The SMILES string of the molecule is Cc1cc(C(=O)O)cc(NCC2(CO)CCCC2)n1. The Labute approximate surface area is 112 Å². The van der Waals surface area contributed by atoms with E-state index >= 15 is 0 Å². The van der Waals surface area contributed by atoms with E-state index in [0.717, 1.165) is 25.7 Å². The van der Waals surface area contributed by atoms with Gasteiger partial charge < -0.3 is 15.5 Å². The van der Waals surface area contributed by atoms with Crippen molar-refractivity contribution in [3.05, 3.63) is 23.4 Å². The number of anilines is 1. The van der Waals surface area contributed by atoms with E-state index in [2.05, 4.69) is 10.3 Å². The Kier molecular flexibility index (Phi) is 4.04. The third kappa shape index (κ3) is 3.23. The second-order valence-electron chi connectivity index (χ2n) is 5.41. The lowest BCUT2D eigenvalue weighted by Crippen LogP contribution is -2.30. The molecular weight excluding hydrogens is 244 g/mol. The molecule has 0 radical (unpaired) electrons. The number of aliphatic hydroxyl groups is 1. The summed E-state index contributed by atoms with van der Waals surface area (Å²) in [5.41, 5.74) is 0.834. The van der Waals surface area contributed by atoms with E-state index in [1.807, 2.05) is 0 Å². The highest BCUT2D eigenvalue weighted by Crippen LogP contribution is 2.37. The van der Waals surface area contributed by atoms with Crippen molar-refractivity contribution in [2.24, 2.45) is 5.41 Å². The fourth-order valence-corrected chi connectivity index (χ4v) is 2.68. The van der Waals surface area contributed by atoms with Crippen LogP contribution in [0.5, 0.6) is 0 Å². The molecule has 0 aromatic carbocycles. The van der Waals surface area contributed by atoms with Gasteiger partial charge in [-0.1, -0.05) is 12.8 Å². The van der Waals surface area contributed by atoms with Crippen molar-refractivity contribution in [3.8, 4) is 0 Å². The van der Waals surface area contributed by atoms with Crippen molar-refractivity contribution in [2.45, 2.75) is 32.6 Å². The van der Waals surface area contributed by atoms with Crippen molar-refractivity contribution in [1.82, 2.24) is 4.98 Å². The molecule has 2 rings (SSSR count). The summed E-state index contributed by atoms with van der Waals surface area (Å²) < 4.78 is 0.